The molecular formula is C13H21Cl2Hf-. The van der Waals surface area contributed by atoms with E-state index in [2.05, 4.69) is 19.1 Å². The molecule has 0 nitrogen and oxygen atoms in total. The quantitative estimate of drug-likeness (QED) is 0.494. The second-order valence-electron chi connectivity index (χ2n) is 4.22. The van der Waals surface area contributed by atoms with Gasteiger partial charge < -0.3 is 0 Å². The van der Waals surface area contributed by atoms with Crippen molar-refractivity contribution in [2.24, 2.45) is 0 Å². The summed E-state index contributed by atoms with van der Waals surface area (Å²) in [5.74, 6) is 0. The Bertz CT molecular complexity index is 258. The van der Waals surface area contributed by atoms with Crippen molar-refractivity contribution < 1.29 is 25.8 Å². The third-order valence-corrected chi connectivity index (χ3v) is 3.09. The number of hydrogen-bond acceptors (Lipinski definition) is 0. The molecule has 92 valence electrons. The summed E-state index contributed by atoms with van der Waals surface area (Å²) in [6, 6.07) is 4.90. The standard InChI is InChI=1S/C13H19.2ClH.Hf/c1-2-3-6-11-9-12-7-4-5-8-13(12)10-11;;;/h9-10H,2-8H2,1H3;2*1H;/q-1;;;. The molecule has 0 unspecified atom stereocenters. The molecule has 1 aromatic rings. The maximum absolute atomic E-state index is 2.45. The Hall–Kier alpha value is 0.800. The number of halogens is 2. The zero-order chi connectivity index (χ0) is 9.10. The van der Waals surface area contributed by atoms with Crippen molar-refractivity contribution in [3.8, 4) is 0 Å². The van der Waals surface area contributed by atoms with Gasteiger partial charge in [0.2, 0.25) is 0 Å². The summed E-state index contributed by atoms with van der Waals surface area (Å²) in [5, 5.41) is 0. The maximum Gasteiger partial charge on any atom is 0 e. The minimum Gasteiger partial charge on any atom is -0.207 e. The average molecular weight is 427 g/mol. The Labute approximate surface area is 131 Å². The van der Waals surface area contributed by atoms with Crippen molar-refractivity contribution in [3.63, 3.8) is 0 Å². The Morgan fingerprint density at radius 2 is 1.88 bits per heavy atom. The molecule has 1 aliphatic carbocycles. The van der Waals surface area contributed by atoms with E-state index >= 15 is 0 Å². The van der Waals surface area contributed by atoms with Crippen molar-refractivity contribution in [3.05, 3.63) is 28.8 Å². The summed E-state index contributed by atoms with van der Waals surface area (Å²) in [7, 11) is 0. The maximum atomic E-state index is 2.45. The summed E-state index contributed by atoms with van der Waals surface area (Å²) < 4.78 is 0. The van der Waals surface area contributed by atoms with Crippen LogP contribution >= 0.6 is 24.8 Å². The van der Waals surface area contributed by atoms with Crippen molar-refractivity contribution in [2.75, 3.05) is 0 Å². The van der Waals surface area contributed by atoms with Crippen molar-refractivity contribution in [2.45, 2.75) is 51.9 Å². The van der Waals surface area contributed by atoms with E-state index in [1.165, 1.54) is 44.9 Å². The minimum atomic E-state index is 0. The third-order valence-electron chi connectivity index (χ3n) is 3.09. The van der Waals surface area contributed by atoms with Crippen LogP contribution in [-0.4, -0.2) is 0 Å². The predicted molar refractivity (Wildman–Crippen MR) is 71.8 cm³/mol. The van der Waals surface area contributed by atoms with Gasteiger partial charge in [0.25, 0.3) is 0 Å². The first kappa shape index (κ1) is 19.1. The molecule has 0 heterocycles. The van der Waals surface area contributed by atoms with Gasteiger partial charge in [-0.15, -0.1) is 24.8 Å². The molecule has 0 N–H and O–H groups in total. The molecule has 0 saturated carbocycles. The van der Waals surface area contributed by atoms with E-state index in [0.717, 1.165) is 0 Å². The molecule has 0 aliphatic heterocycles. The van der Waals surface area contributed by atoms with Gasteiger partial charge in [-0.25, -0.2) is 6.07 Å². The van der Waals surface area contributed by atoms with Gasteiger partial charge in [0.15, 0.2) is 0 Å². The predicted octanol–water partition coefficient (Wildman–Crippen LogP) is 4.47. The van der Waals surface area contributed by atoms with Crippen LogP contribution in [-0.2, 0) is 45.1 Å². The smallest absolute Gasteiger partial charge is 0 e. The second kappa shape index (κ2) is 9.79. The summed E-state index contributed by atoms with van der Waals surface area (Å²) in [4.78, 5) is 0. The zero-order valence-electron chi connectivity index (χ0n) is 9.92. The van der Waals surface area contributed by atoms with Gasteiger partial charge in [-0.3, -0.25) is 0 Å². The first-order valence-corrected chi connectivity index (χ1v) is 5.67. The van der Waals surface area contributed by atoms with Crippen LogP contribution in [0, 0.1) is 0 Å². The molecule has 0 spiro atoms. The van der Waals surface area contributed by atoms with Crippen molar-refractivity contribution in [1.29, 1.82) is 0 Å². The molecule has 1 aromatic carbocycles. The normalized spacial score (nSPS) is 12.8. The average Bonchev–Trinajstić information content (AvgIpc) is 2.57. The van der Waals surface area contributed by atoms with E-state index in [9.17, 15) is 0 Å². The Morgan fingerprint density at radius 3 is 2.50 bits per heavy atom. The van der Waals surface area contributed by atoms with E-state index in [1.54, 1.807) is 16.7 Å². The summed E-state index contributed by atoms with van der Waals surface area (Å²) in [6.07, 6.45) is 9.44. The van der Waals surface area contributed by atoms with Gasteiger partial charge in [-0.1, -0.05) is 51.9 Å². The minimum absolute atomic E-state index is 0. The van der Waals surface area contributed by atoms with E-state index in [-0.39, 0.29) is 50.7 Å². The Kier molecular flexibility index (Phi) is 11.7. The number of aryl methyl sites for hydroxylation is 3. The molecule has 3 heteroatoms. The van der Waals surface area contributed by atoms with Crippen LogP contribution in [0.3, 0.4) is 0 Å². The summed E-state index contributed by atoms with van der Waals surface area (Å²) in [6.45, 7) is 2.27. The monoisotopic (exact) mass is 427 g/mol. The van der Waals surface area contributed by atoms with Crippen molar-refractivity contribution in [1.82, 2.24) is 0 Å². The van der Waals surface area contributed by atoms with Crippen LogP contribution < -0.4 is 0 Å². The largest absolute Gasteiger partial charge is 0.207 e. The summed E-state index contributed by atoms with van der Waals surface area (Å²) in [5.41, 5.74) is 4.89. The SMILES string of the molecule is CCCCc1cc2c([cH-]1)CCCC2.Cl.Cl.[Hf]. The number of fused-ring (bicyclic) bond motifs is 1. The zero-order valence-corrected chi connectivity index (χ0v) is 15.1. The second-order valence-corrected chi connectivity index (χ2v) is 4.22. The van der Waals surface area contributed by atoms with Crippen LogP contribution in [0.15, 0.2) is 12.1 Å². The molecule has 16 heavy (non-hydrogen) atoms. The third kappa shape index (κ3) is 4.98. The number of hydrogen-bond donors (Lipinski definition) is 0. The molecule has 0 saturated heterocycles. The molecule has 2 rings (SSSR count). The van der Waals surface area contributed by atoms with Gasteiger partial charge in [0, 0.05) is 25.8 Å². The molecule has 0 fully saturated rings. The Morgan fingerprint density at radius 1 is 1.19 bits per heavy atom. The molecule has 0 bridgehead atoms. The van der Waals surface area contributed by atoms with E-state index in [0.29, 0.717) is 0 Å². The van der Waals surface area contributed by atoms with E-state index < -0.39 is 0 Å². The number of rotatable bonds is 3. The van der Waals surface area contributed by atoms with E-state index in [4.69, 9.17) is 0 Å². The van der Waals surface area contributed by atoms with E-state index in [1.807, 2.05) is 0 Å². The van der Waals surface area contributed by atoms with Gasteiger partial charge in [0.05, 0.1) is 0 Å². The fourth-order valence-electron chi connectivity index (χ4n) is 2.30. The Balaban J connectivity index is 0. The van der Waals surface area contributed by atoms with Crippen LogP contribution in [0.4, 0.5) is 0 Å². The fraction of sp³-hybridized carbons (Fsp3) is 0.615. The van der Waals surface area contributed by atoms with Crippen LogP contribution in [0.2, 0.25) is 0 Å². The molecule has 1 aliphatic rings. The summed E-state index contributed by atoms with van der Waals surface area (Å²) >= 11 is 0. The molecule has 0 aromatic heterocycles. The number of unbranched alkanes of at least 4 members (excludes halogenated alkanes) is 1. The molecule has 0 amide bonds. The van der Waals surface area contributed by atoms with Crippen molar-refractivity contribution >= 4 is 24.8 Å². The van der Waals surface area contributed by atoms with Gasteiger partial charge >= 0.3 is 0 Å². The first-order chi connectivity index (χ1) is 6.40. The molecule has 0 radical (unpaired) electrons. The molecule has 0 atom stereocenters. The topological polar surface area (TPSA) is 0 Å². The fourth-order valence-corrected chi connectivity index (χ4v) is 2.30. The van der Waals surface area contributed by atoms with Crippen LogP contribution in [0.1, 0.15) is 49.3 Å². The van der Waals surface area contributed by atoms with Crippen LogP contribution in [0.25, 0.3) is 0 Å². The van der Waals surface area contributed by atoms with Gasteiger partial charge in [0.1, 0.15) is 0 Å². The van der Waals surface area contributed by atoms with Gasteiger partial charge in [-0.05, 0) is 0 Å². The first-order valence-electron chi connectivity index (χ1n) is 5.67. The van der Waals surface area contributed by atoms with Gasteiger partial charge in [-0.2, -0.15) is 22.8 Å². The molecular weight excluding hydrogens is 406 g/mol. The van der Waals surface area contributed by atoms with Crippen LogP contribution in [0.5, 0.6) is 0 Å².